The van der Waals surface area contributed by atoms with Crippen molar-refractivity contribution >= 4 is 5.97 Å². The van der Waals surface area contributed by atoms with E-state index in [2.05, 4.69) is 9.97 Å². The zero-order chi connectivity index (χ0) is 10.7. The standard InChI is InChI=1S/C11H14N2O2/c14-11(15)5-4-10-12-6-9(7-13-10)8-2-1-3-8/h6-8H,1-5H2,(H,14,15). The van der Waals surface area contributed by atoms with Crippen LogP contribution < -0.4 is 0 Å². The van der Waals surface area contributed by atoms with E-state index in [1.54, 1.807) is 0 Å². The van der Waals surface area contributed by atoms with Crippen LogP contribution in [0.4, 0.5) is 0 Å². The normalized spacial score (nSPS) is 16.0. The van der Waals surface area contributed by atoms with Crippen LogP contribution in [0.25, 0.3) is 0 Å². The number of aryl methyl sites for hydroxylation is 1. The number of nitrogens with zero attached hydrogens (tertiary/aromatic N) is 2. The fraction of sp³-hybridized carbons (Fsp3) is 0.545. The average molecular weight is 206 g/mol. The molecule has 0 unspecified atom stereocenters. The first-order chi connectivity index (χ1) is 7.25. The Morgan fingerprint density at radius 1 is 1.40 bits per heavy atom. The van der Waals surface area contributed by atoms with E-state index in [0.29, 0.717) is 18.2 Å². The molecule has 15 heavy (non-hydrogen) atoms. The molecule has 0 spiro atoms. The van der Waals surface area contributed by atoms with E-state index in [1.807, 2.05) is 12.4 Å². The summed E-state index contributed by atoms with van der Waals surface area (Å²) in [5.41, 5.74) is 1.19. The van der Waals surface area contributed by atoms with Crippen LogP contribution >= 0.6 is 0 Å². The second kappa shape index (κ2) is 4.38. The first-order valence-electron chi connectivity index (χ1n) is 5.28. The molecule has 1 N–H and O–H groups in total. The summed E-state index contributed by atoms with van der Waals surface area (Å²) in [6, 6.07) is 0. The largest absolute Gasteiger partial charge is 0.481 e. The molecule has 0 saturated heterocycles. The third kappa shape index (κ3) is 2.52. The van der Waals surface area contributed by atoms with Crippen molar-refractivity contribution in [3.63, 3.8) is 0 Å². The van der Waals surface area contributed by atoms with Gasteiger partial charge in [0.15, 0.2) is 0 Å². The molecule has 1 heterocycles. The minimum atomic E-state index is -0.804. The lowest BCUT2D eigenvalue weighted by molar-refractivity contribution is -0.137. The Kier molecular flexibility index (Phi) is 2.94. The molecule has 80 valence electrons. The van der Waals surface area contributed by atoms with Crippen LogP contribution in [0.15, 0.2) is 12.4 Å². The highest BCUT2D eigenvalue weighted by atomic mass is 16.4. The van der Waals surface area contributed by atoms with Crippen LogP contribution in [0.5, 0.6) is 0 Å². The first kappa shape index (κ1) is 10.1. The lowest BCUT2D eigenvalue weighted by Gasteiger charge is -2.24. The maximum absolute atomic E-state index is 10.3. The molecule has 1 aliphatic carbocycles. The zero-order valence-electron chi connectivity index (χ0n) is 8.52. The molecular weight excluding hydrogens is 192 g/mol. The van der Waals surface area contributed by atoms with Crippen LogP contribution in [0.1, 0.15) is 43.0 Å². The third-order valence-corrected chi connectivity index (χ3v) is 2.86. The summed E-state index contributed by atoms with van der Waals surface area (Å²) in [5.74, 6) is 0.459. The van der Waals surface area contributed by atoms with E-state index in [-0.39, 0.29) is 6.42 Å². The van der Waals surface area contributed by atoms with Gasteiger partial charge in [-0.2, -0.15) is 0 Å². The number of hydrogen-bond donors (Lipinski definition) is 1. The molecule has 0 amide bonds. The van der Waals surface area contributed by atoms with Crippen molar-refractivity contribution < 1.29 is 9.90 Å². The molecule has 2 rings (SSSR count). The zero-order valence-corrected chi connectivity index (χ0v) is 8.52. The Morgan fingerprint density at radius 3 is 2.53 bits per heavy atom. The van der Waals surface area contributed by atoms with Crippen molar-refractivity contribution in [2.45, 2.75) is 38.0 Å². The van der Waals surface area contributed by atoms with Gasteiger partial charge in [0.25, 0.3) is 0 Å². The molecule has 0 bridgehead atoms. The molecule has 4 heteroatoms. The van der Waals surface area contributed by atoms with Crippen LogP contribution in [0.2, 0.25) is 0 Å². The van der Waals surface area contributed by atoms with Gasteiger partial charge in [0.1, 0.15) is 5.82 Å². The van der Waals surface area contributed by atoms with Gasteiger partial charge in [0.05, 0.1) is 6.42 Å². The Bertz CT molecular complexity index is 344. The molecule has 1 fully saturated rings. The van der Waals surface area contributed by atoms with Crippen molar-refractivity contribution in [2.75, 3.05) is 0 Å². The van der Waals surface area contributed by atoms with Gasteiger partial charge < -0.3 is 5.11 Å². The third-order valence-electron chi connectivity index (χ3n) is 2.86. The van der Waals surface area contributed by atoms with E-state index >= 15 is 0 Å². The molecule has 0 atom stereocenters. The van der Waals surface area contributed by atoms with Gasteiger partial charge in [-0.1, -0.05) is 6.42 Å². The van der Waals surface area contributed by atoms with Crippen molar-refractivity contribution in [2.24, 2.45) is 0 Å². The molecule has 1 aromatic rings. The molecule has 1 aromatic heterocycles. The second-order valence-electron chi connectivity index (χ2n) is 3.95. The fourth-order valence-electron chi connectivity index (χ4n) is 1.66. The van der Waals surface area contributed by atoms with E-state index in [0.717, 1.165) is 0 Å². The van der Waals surface area contributed by atoms with Gasteiger partial charge >= 0.3 is 5.97 Å². The Balaban J connectivity index is 1.94. The predicted molar refractivity (Wildman–Crippen MR) is 54.6 cm³/mol. The number of hydrogen-bond acceptors (Lipinski definition) is 3. The highest BCUT2D eigenvalue weighted by Gasteiger charge is 2.19. The molecular formula is C11H14N2O2. The van der Waals surface area contributed by atoms with Crippen LogP contribution in [0, 0.1) is 0 Å². The molecule has 1 saturated carbocycles. The van der Waals surface area contributed by atoms with E-state index in [9.17, 15) is 4.79 Å². The summed E-state index contributed by atoms with van der Waals surface area (Å²) in [4.78, 5) is 18.7. The summed E-state index contributed by atoms with van der Waals surface area (Å²) in [6.07, 6.45) is 7.96. The molecule has 0 aromatic carbocycles. The quantitative estimate of drug-likeness (QED) is 0.815. The predicted octanol–water partition coefficient (Wildman–Crippen LogP) is 1.76. The number of rotatable bonds is 4. The highest BCUT2D eigenvalue weighted by Crippen LogP contribution is 2.35. The van der Waals surface area contributed by atoms with Crippen LogP contribution in [-0.4, -0.2) is 21.0 Å². The van der Waals surface area contributed by atoms with Gasteiger partial charge in [-0.25, -0.2) is 9.97 Å². The summed E-state index contributed by atoms with van der Waals surface area (Å²) >= 11 is 0. The second-order valence-corrected chi connectivity index (χ2v) is 3.95. The summed E-state index contributed by atoms with van der Waals surface area (Å²) in [5, 5.41) is 8.51. The lowest BCUT2D eigenvalue weighted by atomic mass is 9.81. The van der Waals surface area contributed by atoms with Gasteiger partial charge in [0, 0.05) is 18.8 Å². The van der Waals surface area contributed by atoms with Crippen molar-refractivity contribution in [3.05, 3.63) is 23.8 Å². The number of aromatic nitrogens is 2. The summed E-state index contributed by atoms with van der Waals surface area (Å²) < 4.78 is 0. The average Bonchev–Trinajstić information content (AvgIpc) is 2.14. The van der Waals surface area contributed by atoms with Gasteiger partial charge in [-0.3, -0.25) is 4.79 Å². The Morgan fingerprint density at radius 2 is 2.07 bits per heavy atom. The molecule has 1 aliphatic rings. The van der Waals surface area contributed by atoms with Crippen molar-refractivity contribution in [1.29, 1.82) is 0 Å². The van der Waals surface area contributed by atoms with E-state index in [4.69, 9.17) is 5.11 Å². The van der Waals surface area contributed by atoms with Gasteiger partial charge in [0.2, 0.25) is 0 Å². The number of aliphatic carboxylic acids is 1. The smallest absolute Gasteiger partial charge is 0.303 e. The number of carboxylic acids is 1. The summed E-state index contributed by atoms with van der Waals surface area (Å²) in [7, 11) is 0. The van der Waals surface area contributed by atoms with Crippen molar-refractivity contribution in [1.82, 2.24) is 9.97 Å². The number of carbonyl (C=O) groups is 1. The Hall–Kier alpha value is -1.45. The maximum atomic E-state index is 10.3. The summed E-state index contributed by atoms with van der Waals surface area (Å²) in [6.45, 7) is 0. The first-order valence-corrected chi connectivity index (χ1v) is 5.28. The van der Waals surface area contributed by atoms with Crippen LogP contribution in [0.3, 0.4) is 0 Å². The van der Waals surface area contributed by atoms with E-state index in [1.165, 1.54) is 24.8 Å². The lowest BCUT2D eigenvalue weighted by Crippen LogP contribution is -2.10. The number of carboxylic acid groups (broad SMARTS) is 1. The van der Waals surface area contributed by atoms with Gasteiger partial charge in [-0.05, 0) is 24.3 Å². The van der Waals surface area contributed by atoms with Crippen LogP contribution in [-0.2, 0) is 11.2 Å². The maximum Gasteiger partial charge on any atom is 0.303 e. The van der Waals surface area contributed by atoms with Gasteiger partial charge in [-0.15, -0.1) is 0 Å². The molecule has 0 aliphatic heterocycles. The highest BCUT2D eigenvalue weighted by molar-refractivity contribution is 5.66. The minimum Gasteiger partial charge on any atom is -0.481 e. The van der Waals surface area contributed by atoms with Crippen molar-refractivity contribution in [3.8, 4) is 0 Å². The molecule has 0 radical (unpaired) electrons. The van der Waals surface area contributed by atoms with E-state index < -0.39 is 5.97 Å². The monoisotopic (exact) mass is 206 g/mol. The SMILES string of the molecule is O=C(O)CCc1ncc(C2CCC2)cn1. The topological polar surface area (TPSA) is 63.1 Å². The fourth-order valence-corrected chi connectivity index (χ4v) is 1.66. The molecule has 4 nitrogen and oxygen atoms in total. The Labute approximate surface area is 88.4 Å². The minimum absolute atomic E-state index is 0.1000.